The molecule has 1 atom stereocenters. The molecular weight excluding hydrogens is 917 g/mol. The average molecular weight is 959 g/mol. The molecule has 1 aliphatic heterocycles. The fraction of sp³-hybridized carbons (Fsp3) is 0.213. The molecule has 1 unspecified atom stereocenters. The van der Waals surface area contributed by atoms with Gasteiger partial charge >= 0.3 is 0 Å². The molecule has 0 radical (unpaired) electrons. The Bertz CT molecular complexity index is 4450. The van der Waals surface area contributed by atoms with Gasteiger partial charge in [-0.05, 0) is 129 Å². The summed E-state index contributed by atoms with van der Waals surface area (Å²) >= 11 is 0. The maximum atomic E-state index is 11.1. The van der Waals surface area contributed by atoms with E-state index < -0.39 is 5.41 Å². The van der Waals surface area contributed by atoms with Crippen molar-refractivity contribution in [2.24, 2.45) is 0 Å². The zero-order chi connectivity index (χ0) is 50.6. The first-order valence-electron chi connectivity index (χ1n) is 23.9. The lowest BCUT2D eigenvalue weighted by Gasteiger charge is -2.31. The van der Waals surface area contributed by atoms with Crippen LogP contribution in [-0.2, 0) is 16.2 Å². The molecule has 13 rings (SSSR count). The van der Waals surface area contributed by atoms with Gasteiger partial charge in [-0.15, -0.1) is 0 Å². The van der Waals surface area contributed by atoms with Gasteiger partial charge < -0.3 is 36.6 Å². The van der Waals surface area contributed by atoms with Crippen molar-refractivity contribution >= 4 is 66.2 Å². The monoisotopic (exact) mass is 958 g/mol. The Morgan fingerprint density at radius 1 is 0.479 bits per heavy atom. The average Bonchev–Trinajstić information content (AvgIpc) is 3.74. The number of benzene rings is 8. The molecule has 0 amide bonds. The van der Waals surface area contributed by atoms with E-state index in [1.807, 2.05) is 98.8 Å². The predicted molar refractivity (Wildman–Crippen MR) is 274 cm³/mol. The van der Waals surface area contributed by atoms with Crippen LogP contribution in [0.4, 0.5) is 0 Å². The fourth-order valence-electron chi connectivity index (χ4n) is 12.6. The van der Waals surface area contributed by atoms with Gasteiger partial charge in [0.15, 0.2) is 79.2 Å². The lowest BCUT2D eigenvalue weighted by molar-refractivity contribution is 0.348. The number of hydrogen-bond acceptors (Lipinski definition) is 12. The van der Waals surface area contributed by atoms with Gasteiger partial charge in [0.25, 0.3) is 0 Å². The van der Waals surface area contributed by atoms with Crippen LogP contribution in [-0.4, -0.2) is 14.2 Å². The third kappa shape index (κ3) is 5.72. The van der Waals surface area contributed by atoms with Crippen molar-refractivity contribution < 1.29 is 36.6 Å². The molecule has 8 aromatic carbocycles. The molecular formula is C61H42N4O8. The SMILES string of the molecule is COc1cc2ccccc2c(-c2c3ccccc3cc3oc4c(C#N)c5oc6cc7c(cc6oc5c(C#N)c4oc23)C(C)(C)CC72CC(C)(C)c3cc4c(cc32)Oc2c(C#N)c(C)c(C)c(C#N)c2O4)c1OC. The van der Waals surface area contributed by atoms with Crippen LogP contribution < -0.4 is 18.9 Å². The first-order valence-corrected chi connectivity index (χ1v) is 23.9. The Balaban J connectivity index is 1.04. The van der Waals surface area contributed by atoms with Crippen LogP contribution in [0, 0.1) is 59.2 Å². The number of nitrogens with zero attached hydrogens (tertiary/aromatic N) is 4. The third-order valence-corrected chi connectivity index (χ3v) is 15.8. The third-order valence-electron chi connectivity index (χ3n) is 15.8. The van der Waals surface area contributed by atoms with Crippen molar-refractivity contribution in [1.82, 2.24) is 0 Å². The van der Waals surface area contributed by atoms with E-state index in [-0.39, 0.29) is 55.8 Å². The summed E-state index contributed by atoms with van der Waals surface area (Å²) in [5.74, 6) is 2.41. The molecule has 1 spiro atoms. The first-order chi connectivity index (χ1) is 35.2. The molecule has 0 saturated carbocycles. The summed E-state index contributed by atoms with van der Waals surface area (Å²) in [5, 5.41) is 46.1. The highest BCUT2D eigenvalue weighted by Gasteiger charge is 2.57. The Morgan fingerprint density at radius 3 is 1.47 bits per heavy atom. The molecule has 3 aliphatic rings. The number of ether oxygens (including phenoxy) is 4. The molecule has 10 aromatic rings. The molecule has 3 heterocycles. The maximum Gasteiger partial charge on any atom is 0.193 e. The van der Waals surface area contributed by atoms with Gasteiger partial charge in [-0.2, -0.15) is 21.0 Å². The second kappa shape index (κ2) is 14.8. The van der Waals surface area contributed by atoms with Crippen molar-refractivity contribution in [2.45, 2.75) is 70.6 Å². The van der Waals surface area contributed by atoms with E-state index in [0.29, 0.717) is 78.7 Å². The van der Waals surface area contributed by atoms with E-state index in [9.17, 15) is 21.0 Å². The van der Waals surface area contributed by atoms with Crippen LogP contribution in [0.5, 0.6) is 34.5 Å². The van der Waals surface area contributed by atoms with Crippen molar-refractivity contribution in [3.63, 3.8) is 0 Å². The van der Waals surface area contributed by atoms with Gasteiger partial charge in [-0.3, -0.25) is 0 Å². The topological polar surface area (TPSA) is 185 Å². The van der Waals surface area contributed by atoms with Crippen LogP contribution in [0.1, 0.15) is 96.2 Å². The van der Waals surface area contributed by atoms with E-state index in [4.69, 9.17) is 36.6 Å². The molecule has 12 nitrogen and oxygen atoms in total. The van der Waals surface area contributed by atoms with E-state index in [1.165, 1.54) is 0 Å². The quantitative estimate of drug-likeness (QED) is 0.153. The van der Waals surface area contributed by atoms with E-state index >= 15 is 0 Å². The van der Waals surface area contributed by atoms with Gasteiger partial charge in [0.2, 0.25) is 0 Å². The van der Waals surface area contributed by atoms with Gasteiger partial charge in [-0.1, -0.05) is 76.2 Å². The summed E-state index contributed by atoms with van der Waals surface area (Å²) in [6.45, 7) is 12.5. The van der Waals surface area contributed by atoms with Crippen LogP contribution in [0.15, 0.2) is 103 Å². The molecule has 0 fully saturated rings. The van der Waals surface area contributed by atoms with Crippen LogP contribution >= 0.6 is 0 Å². The largest absolute Gasteiger partial charge is 0.493 e. The zero-order valence-electron chi connectivity index (χ0n) is 41.1. The van der Waals surface area contributed by atoms with Crippen molar-refractivity contribution in [1.29, 1.82) is 21.0 Å². The summed E-state index contributed by atoms with van der Waals surface area (Å²) < 4.78 is 52.5. The summed E-state index contributed by atoms with van der Waals surface area (Å²) in [5.41, 5.74) is 7.75. The first kappa shape index (κ1) is 43.6. The molecule has 73 heavy (non-hydrogen) atoms. The Morgan fingerprint density at radius 2 is 0.932 bits per heavy atom. The molecule has 12 heteroatoms. The molecule has 0 N–H and O–H groups in total. The minimum atomic E-state index is -0.544. The highest BCUT2D eigenvalue weighted by Crippen LogP contribution is 2.65. The number of rotatable bonds is 3. The molecule has 0 saturated heterocycles. The van der Waals surface area contributed by atoms with E-state index in [0.717, 1.165) is 56.6 Å². The summed E-state index contributed by atoms with van der Waals surface area (Å²) in [7, 11) is 3.19. The van der Waals surface area contributed by atoms with Gasteiger partial charge in [0.05, 0.1) is 14.2 Å². The lowest BCUT2D eigenvalue weighted by Crippen LogP contribution is -2.27. The smallest absolute Gasteiger partial charge is 0.193 e. The number of nitriles is 4. The Kier molecular flexibility index (Phi) is 8.87. The van der Waals surface area contributed by atoms with E-state index in [2.05, 4.69) is 52.0 Å². The van der Waals surface area contributed by atoms with E-state index in [1.54, 1.807) is 14.2 Å². The highest BCUT2D eigenvalue weighted by atomic mass is 16.6. The minimum absolute atomic E-state index is 0.00640. The van der Waals surface area contributed by atoms with Gasteiger partial charge in [-0.25, -0.2) is 0 Å². The molecule has 0 bridgehead atoms. The maximum absolute atomic E-state index is 11.1. The zero-order valence-corrected chi connectivity index (χ0v) is 41.1. The van der Waals surface area contributed by atoms with Crippen molar-refractivity contribution in [2.75, 3.05) is 14.2 Å². The number of hydrogen-bond donors (Lipinski definition) is 0. The molecule has 2 aromatic heterocycles. The second-order valence-electron chi connectivity index (χ2n) is 20.7. The summed E-state index contributed by atoms with van der Waals surface area (Å²) in [4.78, 5) is 0. The number of methoxy groups -OCH3 is 2. The standard InChI is InChI=1S/C61H42N4O8/c1-29-30(2)36(24-63)52-51(35(29)23-62)68-43-19-39-41(21-45(43)69-52)61(27-59(39,3)4)28-60(5,6)40-20-44-46(22-42(40)61)71-53-37(25-64)55-56(38(26-65)54(53)70-44)73-58-48(72-55)18-32-14-10-12-16-34(32)50(58)49-33-15-11-9-13-31(33)17-47(66-7)57(49)67-8/h9-22H,27-28H2,1-8H3. The fourth-order valence-corrected chi connectivity index (χ4v) is 12.6. The second-order valence-corrected chi connectivity index (χ2v) is 20.7. The van der Waals surface area contributed by atoms with Crippen LogP contribution in [0.25, 0.3) is 77.3 Å². The Hall–Kier alpha value is -9.36. The van der Waals surface area contributed by atoms with Gasteiger partial charge in [0, 0.05) is 16.5 Å². The van der Waals surface area contributed by atoms with Gasteiger partial charge in [0.1, 0.15) is 46.5 Å². The van der Waals surface area contributed by atoms with Crippen molar-refractivity contribution in [3.05, 3.63) is 141 Å². The summed E-state index contributed by atoms with van der Waals surface area (Å²) in [6, 6.07) is 36.8. The van der Waals surface area contributed by atoms with Crippen LogP contribution in [0.2, 0.25) is 0 Å². The molecule has 354 valence electrons. The highest BCUT2D eigenvalue weighted by molar-refractivity contribution is 6.17. The normalized spacial score (nSPS) is 16.5. The van der Waals surface area contributed by atoms with Crippen molar-refractivity contribution in [3.8, 4) is 69.9 Å². The predicted octanol–water partition coefficient (Wildman–Crippen LogP) is 15.4. The molecule has 2 aliphatic carbocycles. The van der Waals surface area contributed by atoms with Crippen LogP contribution in [0.3, 0.4) is 0 Å². The number of fused-ring (bicyclic) bond motifs is 12. The summed E-state index contributed by atoms with van der Waals surface area (Å²) in [6.07, 6.45) is 1.46. The minimum Gasteiger partial charge on any atom is -0.493 e. The Labute approximate surface area is 417 Å². The lowest BCUT2D eigenvalue weighted by atomic mass is 9.72.